The molecule has 0 aliphatic carbocycles. The normalized spacial score (nSPS) is 11.5. The van der Waals surface area contributed by atoms with Crippen molar-refractivity contribution in [2.45, 2.75) is 0 Å². The molecule has 0 aliphatic heterocycles. The lowest BCUT2D eigenvalue weighted by molar-refractivity contribution is 0.669. The Morgan fingerprint density at radius 1 is 0.385 bits per heavy atom. The molecular formula is C46H28N4OS. The van der Waals surface area contributed by atoms with Gasteiger partial charge in [-0.15, -0.1) is 11.3 Å². The first-order valence-electron chi connectivity index (χ1n) is 17.1. The van der Waals surface area contributed by atoms with Crippen molar-refractivity contribution in [3.63, 3.8) is 0 Å². The summed E-state index contributed by atoms with van der Waals surface area (Å²) in [4.78, 5) is 20.2. The summed E-state index contributed by atoms with van der Waals surface area (Å²) in [5.41, 5.74) is 11.0. The lowest BCUT2D eigenvalue weighted by atomic mass is 9.99. The molecule has 0 saturated carbocycles. The first kappa shape index (κ1) is 30.1. The number of furan rings is 1. The predicted octanol–water partition coefficient (Wildman–Crippen LogP) is 12.4. The van der Waals surface area contributed by atoms with Crippen LogP contribution in [0, 0.1) is 0 Å². The number of hydrogen-bond acceptors (Lipinski definition) is 6. The van der Waals surface area contributed by atoms with Crippen LogP contribution in [-0.4, -0.2) is 19.9 Å². The Balaban J connectivity index is 1.07. The molecule has 0 fully saturated rings. The van der Waals surface area contributed by atoms with E-state index in [0.717, 1.165) is 70.5 Å². The van der Waals surface area contributed by atoms with Crippen molar-refractivity contribution >= 4 is 43.5 Å². The molecule has 0 spiro atoms. The molecule has 5 nitrogen and oxygen atoms in total. The van der Waals surface area contributed by atoms with Crippen LogP contribution in [0.5, 0.6) is 0 Å². The molecule has 3 heterocycles. The molecule has 7 aromatic carbocycles. The van der Waals surface area contributed by atoms with Gasteiger partial charge in [-0.3, -0.25) is 0 Å². The van der Waals surface area contributed by atoms with Crippen molar-refractivity contribution < 1.29 is 4.42 Å². The standard InChI is InChI=1S/C46H28N4OS/c1-4-11-29(12-5-1)30-19-21-31(22-20-30)32-23-25-34(26-24-32)44-48-43(33-13-6-2-7-14-33)49-45(50-44)36-17-10-18-39-42(36)37-27-38-41(28-40(37)51-39)52-46(47-38)35-15-8-3-9-16-35/h1-28H. The molecular weight excluding hydrogens is 657 g/mol. The lowest BCUT2D eigenvalue weighted by Crippen LogP contribution is -2.00. The van der Waals surface area contributed by atoms with E-state index in [1.165, 1.54) is 11.1 Å². The Labute approximate surface area is 303 Å². The van der Waals surface area contributed by atoms with Crippen LogP contribution in [0.3, 0.4) is 0 Å². The number of nitrogens with zero attached hydrogens (tertiary/aromatic N) is 4. The van der Waals surface area contributed by atoms with Gasteiger partial charge in [-0.25, -0.2) is 19.9 Å². The van der Waals surface area contributed by atoms with Crippen molar-refractivity contribution in [3.05, 3.63) is 170 Å². The number of aromatic nitrogens is 4. The van der Waals surface area contributed by atoms with Crippen LogP contribution < -0.4 is 0 Å². The third-order valence-corrected chi connectivity index (χ3v) is 10.5. The van der Waals surface area contributed by atoms with Gasteiger partial charge in [-0.1, -0.05) is 152 Å². The number of fused-ring (bicyclic) bond motifs is 4. The fourth-order valence-electron chi connectivity index (χ4n) is 6.78. The fourth-order valence-corrected chi connectivity index (χ4v) is 7.76. The molecule has 0 aliphatic rings. The van der Waals surface area contributed by atoms with Crippen molar-refractivity contribution in [1.82, 2.24) is 19.9 Å². The second kappa shape index (κ2) is 12.5. The van der Waals surface area contributed by atoms with E-state index in [4.69, 9.17) is 24.4 Å². The van der Waals surface area contributed by atoms with Crippen LogP contribution in [0.25, 0.3) is 99.1 Å². The maximum absolute atomic E-state index is 6.46. The first-order chi connectivity index (χ1) is 25.7. The zero-order valence-electron chi connectivity index (χ0n) is 27.8. The van der Waals surface area contributed by atoms with Crippen LogP contribution in [0.15, 0.2) is 174 Å². The average Bonchev–Trinajstić information content (AvgIpc) is 3.81. The predicted molar refractivity (Wildman–Crippen MR) is 213 cm³/mol. The molecule has 3 aromatic heterocycles. The molecule has 244 valence electrons. The van der Waals surface area contributed by atoms with Gasteiger partial charge >= 0.3 is 0 Å². The van der Waals surface area contributed by atoms with Crippen LogP contribution >= 0.6 is 11.3 Å². The van der Waals surface area contributed by atoms with Gasteiger partial charge in [0, 0.05) is 39.1 Å². The summed E-state index contributed by atoms with van der Waals surface area (Å²) >= 11 is 1.67. The van der Waals surface area contributed by atoms with E-state index in [9.17, 15) is 0 Å². The van der Waals surface area contributed by atoms with Gasteiger partial charge in [-0.2, -0.15) is 0 Å². The minimum absolute atomic E-state index is 0.584. The fraction of sp³-hybridized carbons (Fsp3) is 0. The van der Waals surface area contributed by atoms with Crippen molar-refractivity contribution in [2.24, 2.45) is 0 Å². The topological polar surface area (TPSA) is 64.7 Å². The summed E-state index contributed by atoms with van der Waals surface area (Å²) in [5.74, 6) is 1.80. The molecule has 10 rings (SSSR count). The lowest BCUT2D eigenvalue weighted by Gasteiger charge is -2.10. The average molecular weight is 685 g/mol. The van der Waals surface area contributed by atoms with E-state index in [2.05, 4.69) is 103 Å². The van der Waals surface area contributed by atoms with Crippen LogP contribution in [-0.2, 0) is 0 Å². The van der Waals surface area contributed by atoms with E-state index in [-0.39, 0.29) is 0 Å². The van der Waals surface area contributed by atoms with Crippen LogP contribution in [0.1, 0.15) is 0 Å². The number of thiazole rings is 1. The molecule has 6 heteroatoms. The van der Waals surface area contributed by atoms with Gasteiger partial charge in [0.05, 0.1) is 10.2 Å². The molecule has 0 atom stereocenters. The summed E-state index contributed by atoms with van der Waals surface area (Å²) in [6.45, 7) is 0. The van der Waals surface area contributed by atoms with E-state index in [1.807, 2.05) is 66.7 Å². The van der Waals surface area contributed by atoms with Crippen molar-refractivity contribution in [3.8, 4) is 67.0 Å². The summed E-state index contributed by atoms with van der Waals surface area (Å²) in [6, 6.07) is 58.2. The minimum Gasteiger partial charge on any atom is -0.456 e. The summed E-state index contributed by atoms with van der Waals surface area (Å²) in [7, 11) is 0. The van der Waals surface area contributed by atoms with Gasteiger partial charge in [0.15, 0.2) is 17.5 Å². The van der Waals surface area contributed by atoms with Gasteiger partial charge in [0.25, 0.3) is 0 Å². The number of benzene rings is 7. The SMILES string of the molecule is c1ccc(-c2ccc(-c3ccc(-c4nc(-c5ccccc5)nc(-c5cccc6oc7cc8sc(-c9ccccc9)nc8cc7c56)n4)cc3)cc2)cc1. The monoisotopic (exact) mass is 684 g/mol. The quantitative estimate of drug-likeness (QED) is 0.174. The summed E-state index contributed by atoms with van der Waals surface area (Å²) in [5, 5.41) is 2.92. The number of rotatable bonds is 6. The van der Waals surface area contributed by atoms with Crippen LogP contribution in [0.4, 0.5) is 0 Å². The zero-order chi connectivity index (χ0) is 34.4. The van der Waals surface area contributed by atoms with Gasteiger partial charge in [-0.05, 0) is 34.4 Å². The van der Waals surface area contributed by atoms with Gasteiger partial charge in [0.1, 0.15) is 16.2 Å². The zero-order valence-corrected chi connectivity index (χ0v) is 28.6. The largest absolute Gasteiger partial charge is 0.456 e. The van der Waals surface area contributed by atoms with Crippen molar-refractivity contribution in [2.75, 3.05) is 0 Å². The Morgan fingerprint density at radius 3 is 1.50 bits per heavy atom. The minimum atomic E-state index is 0.584. The molecule has 0 bridgehead atoms. The molecule has 10 aromatic rings. The second-order valence-corrected chi connectivity index (χ2v) is 13.7. The van der Waals surface area contributed by atoms with E-state index >= 15 is 0 Å². The molecule has 0 N–H and O–H groups in total. The molecule has 0 unspecified atom stereocenters. The molecule has 0 saturated heterocycles. The van der Waals surface area contributed by atoms with Gasteiger partial charge < -0.3 is 4.42 Å². The second-order valence-electron chi connectivity index (χ2n) is 12.7. The van der Waals surface area contributed by atoms with E-state index in [0.29, 0.717) is 17.5 Å². The third kappa shape index (κ3) is 5.43. The highest BCUT2D eigenvalue weighted by molar-refractivity contribution is 7.21. The molecule has 0 amide bonds. The maximum atomic E-state index is 6.46. The summed E-state index contributed by atoms with van der Waals surface area (Å²) < 4.78 is 7.54. The van der Waals surface area contributed by atoms with Crippen molar-refractivity contribution in [1.29, 1.82) is 0 Å². The van der Waals surface area contributed by atoms with E-state index < -0.39 is 0 Å². The molecule has 52 heavy (non-hydrogen) atoms. The van der Waals surface area contributed by atoms with Crippen LogP contribution in [0.2, 0.25) is 0 Å². The smallest absolute Gasteiger partial charge is 0.164 e. The Bertz CT molecular complexity index is 2870. The third-order valence-electron chi connectivity index (χ3n) is 9.40. The van der Waals surface area contributed by atoms with E-state index in [1.54, 1.807) is 11.3 Å². The number of hydrogen-bond donors (Lipinski definition) is 0. The highest BCUT2D eigenvalue weighted by atomic mass is 32.1. The van der Waals surface area contributed by atoms with Gasteiger partial charge in [0.2, 0.25) is 0 Å². The highest BCUT2D eigenvalue weighted by Crippen LogP contribution is 2.40. The Morgan fingerprint density at radius 2 is 0.885 bits per heavy atom. The Kier molecular flexibility index (Phi) is 7.25. The Hall–Kier alpha value is -6.76. The summed E-state index contributed by atoms with van der Waals surface area (Å²) in [6.07, 6.45) is 0. The molecule has 0 radical (unpaired) electrons. The first-order valence-corrected chi connectivity index (χ1v) is 17.9. The highest BCUT2D eigenvalue weighted by Gasteiger charge is 2.19. The maximum Gasteiger partial charge on any atom is 0.164 e.